The van der Waals surface area contributed by atoms with E-state index in [0.29, 0.717) is 5.82 Å². The fraction of sp³-hybridized carbons (Fsp3) is 0.500. The van der Waals surface area contributed by atoms with Gasteiger partial charge in [0.25, 0.3) is 0 Å². The second-order valence-corrected chi connectivity index (χ2v) is 11.2. The predicted octanol–water partition coefficient (Wildman–Crippen LogP) is 2.02. The predicted molar refractivity (Wildman–Crippen MR) is 76.1 cm³/mol. The summed E-state index contributed by atoms with van der Waals surface area (Å²) in [6, 6.07) is 1.88. The van der Waals surface area contributed by atoms with Gasteiger partial charge in [0.2, 0.25) is 0 Å². The minimum absolute atomic E-state index is 0.175. The van der Waals surface area contributed by atoms with E-state index >= 15 is 0 Å². The summed E-state index contributed by atoms with van der Waals surface area (Å²) < 4.78 is 0. The first kappa shape index (κ1) is 12.9. The third-order valence-electron chi connectivity index (χ3n) is 3.24. The lowest BCUT2D eigenvalue weighted by atomic mass is 10.2. The highest BCUT2D eigenvalue weighted by Crippen LogP contribution is 2.22. The molecule has 98 valence electrons. The summed E-state index contributed by atoms with van der Waals surface area (Å²) in [6.07, 6.45) is 1.68. The summed E-state index contributed by atoms with van der Waals surface area (Å²) in [5, 5.41) is 5.28. The van der Waals surface area contributed by atoms with Crippen LogP contribution in [-0.2, 0) is 0 Å². The molecule has 2 rings (SSSR count). The topological polar surface area (TPSA) is 66.0 Å². The maximum Gasteiger partial charge on any atom is 0.134 e. The molecule has 1 atom stereocenters. The van der Waals surface area contributed by atoms with Crippen molar-refractivity contribution in [3.63, 3.8) is 0 Å². The minimum atomic E-state index is -1.37. The Hall–Kier alpha value is -1.56. The molecule has 18 heavy (non-hydrogen) atoms. The SMILES string of the molecule is Cc1nn(OC(C)[Si](C)(C)C)c2ccnc(N)c12. The summed E-state index contributed by atoms with van der Waals surface area (Å²) in [5.41, 5.74) is 7.78. The quantitative estimate of drug-likeness (QED) is 0.861. The van der Waals surface area contributed by atoms with E-state index in [2.05, 4.69) is 36.6 Å². The lowest BCUT2D eigenvalue weighted by Crippen LogP contribution is -2.43. The van der Waals surface area contributed by atoms with Crippen LogP contribution in [0.1, 0.15) is 12.6 Å². The fourth-order valence-electron chi connectivity index (χ4n) is 1.63. The van der Waals surface area contributed by atoms with E-state index in [4.69, 9.17) is 10.6 Å². The highest BCUT2D eigenvalue weighted by atomic mass is 28.3. The van der Waals surface area contributed by atoms with Gasteiger partial charge in [0.05, 0.1) is 19.2 Å². The van der Waals surface area contributed by atoms with Gasteiger partial charge < -0.3 is 10.6 Å². The van der Waals surface area contributed by atoms with Crippen molar-refractivity contribution in [2.24, 2.45) is 0 Å². The van der Waals surface area contributed by atoms with Crippen molar-refractivity contribution in [1.29, 1.82) is 0 Å². The maximum absolute atomic E-state index is 5.95. The van der Waals surface area contributed by atoms with Crippen LogP contribution in [0.15, 0.2) is 12.3 Å². The zero-order valence-electron chi connectivity index (χ0n) is 11.6. The molecule has 0 radical (unpaired) electrons. The molecular formula is C12H20N4OSi. The van der Waals surface area contributed by atoms with Crippen molar-refractivity contribution < 1.29 is 4.84 Å². The zero-order chi connectivity index (χ0) is 13.5. The second kappa shape index (κ2) is 4.27. The standard InChI is InChI=1S/C12H20N4OSi/c1-8-11-10(6-7-14-12(11)13)16(15-8)17-9(2)18(3,4)5/h6-7,9H,1-5H3,(H2,13,14). The number of rotatable bonds is 3. The normalized spacial score (nSPS) is 13.8. The Bertz CT molecular complexity index is 573. The van der Waals surface area contributed by atoms with Crippen LogP contribution in [0.5, 0.6) is 0 Å². The molecule has 0 aliphatic heterocycles. The molecule has 0 aliphatic carbocycles. The Morgan fingerprint density at radius 1 is 1.39 bits per heavy atom. The van der Waals surface area contributed by atoms with Crippen LogP contribution >= 0.6 is 0 Å². The summed E-state index contributed by atoms with van der Waals surface area (Å²) in [5.74, 6) is 0.500. The Morgan fingerprint density at radius 3 is 2.67 bits per heavy atom. The van der Waals surface area contributed by atoms with Gasteiger partial charge in [-0.1, -0.05) is 24.5 Å². The van der Waals surface area contributed by atoms with Gasteiger partial charge in [-0.2, -0.15) is 0 Å². The van der Waals surface area contributed by atoms with Crippen molar-refractivity contribution in [2.45, 2.75) is 39.2 Å². The zero-order valence-corrected chi connectivity index (χ0v) is 12.6. The molecule has 5 nitrogen and oxygen atoms in total. The van der Waals surface area contributed by atoms with Crippen LogP contribution < -0.4 is 10.6 Å². The first-order valence-corrected chi connectivity index (χ1v) is 9.65. The summed E-state index contributed by atoms with van der Waals surface area (Å²) >= 11 is 0. The molecule has 0 saturated heterocycles. The molecule has 0 fully saturated rings. The average molecular weight is 264 g/mol. The highest BCUT2D eigenvalue weighted by molar-refractivity contribution is 6.77. The molecule has 2 aromatic rings. The number of hydrogen-bond donors (Lipinski definition) is 1. The summed E-state index contributed by atoms with van der Waals surface area (Å²) in [4.78, 5) is 11.6. The molecule has 1 unspecified atom stereocenters. The van der Waals surface area contributed by atoms with E-state index in [1.54, 1.807) is 11.0 Å². The molecule has 6 heteroatoms. The van der Waals surface area contributed by atoms with Gasteiger partial charge in [0.1, 0.15) is 17.1 Å². The van der Waals surface area contributed by atoms with Crippen molar-refractivity contribution in [3.05, 3.63) is 18.0 Å². The van der Waals surface area contributed by atoms with Gasteiger partial charge in [-0.05, 0) is 19.9 Å². The number of nitrogen functional groups attached to an aromatic ring is 1. The first-order chi connectivity index (χ1) is 8.30. The number of pyridine rings is 1. The van der Waals surface area contributed by atoms with Gasteiger partial charge in [0.15, 0.2) is 0 Å². The third-order valence-corrected chi connectivity index (χ3v) is 5.79. The van der Waals surface area contributed by atoms with E-state index < -0.39 is 8.07 Å². The van der Waals surface area contributed by atoms with Crippen LogP contribution in [0.4, 0.5) is 5.82 Å². The minimum Gasteiger partial charge on any atom is -0.397 e. The Balaban J connectivity index is 2.44. The molecule has 0 aliphatic rings. The van der Waals surface area contributed by atoms with E-state index in [1.807, 2.05) is 13.0 Å². The van der Waals surface area contributed by atoms with Crippen molar-refractivity contribution in [3.8, 4) is 0 Å². The lowest BCUT2D eigenvalue weighted by molar-refractivity contribution is 0.0714. The molecular weight excluding hydrogens is 244 g/mol. The van der Waals surface area contributed by atoms with Crippen molar-refractivity contribution >= 4 is 24.8 Å². The van der Waals surface area contributed by atoms with Crippen LogP contribution in [0, 0.1) is 6.92 Å². The van der Waals surface area contributed by atoms with Gasteiger partial charge in [-0.25, -0.2) is 4.98 Å². The third kappa shape index (κ3) is 2.20. The van der Waals surface area contributed by atoms with Gasteiger partial charge >= 0.3 is 0 Å². The summed E-state index contributed by atoms with van der Waals surface area (Å²) in [6.45, 7) is 10.8. The second-order valence-electron chi connectivity index (χ2n) is 5.66. The van der Waals surface area contributed by atoms with Gasteiger partial charge in [-0.3, -0.25) is 0 Å². The van der Waals surface area contributed by atoms with E-state index in [9.17, 15) is 0 Å². The first-order valence-electron chi connectivity index (χ1n) is 6.07. The smallest absolute Gasteiger partial charge is 0.134 e. The lowest BCUT2D eigenvalue weighted by Gasteiger charge is -2.25. The van der Waals surface area contributed by atoms with Crippen LogP contribution in [0.3, 0.4) is 0 Å². The Morgan fingerprint density at radius 2 is 2.06 bits per heavy atom. The molecule has 0 bridgehead atoms. The van der Waals surface area contributed by atoms with Crippen molar-refractivity contribution in [2.75, 3.05) is 5.73 Å². The average Bonchev–Trinajstić information content (AvgIpc) is 2.56. The number of fused-ring (bicyclic) bond motifs is 1. The van der Waals surface area contributed by atoms with E-state index in [1.165, 1.54) is 0 Å². The monoisotopic (exact) mass is 264 g/mol. The Kier molecular flexibility index (Phi) is 3.06. The number of aryl methyl sites for hydroxylation is 1. The molecule has 0 aromatic carbocycles. The number of nitrogens with zero attached hydrogens (tertiary/aromatic N) is 3. The molecule has 2 N–H and O–H groups in total. The van der Waals surface area contributed by atoms with Crippen LogP contribution in [0.2, 0.25) is 19.6 Å². The number of nitrogens with two attached hydrogens (primary N) is 1. The van der Waals surface area contributed by atoms with Crippen molar-refractivity contribution in [1.82, 2.24) is 14.9 Å². The summed E-state index contributed by atoms with van der Waals surface area (Å²) in [7, 11) is -1.37. The largest absolute Gasteiger partial charge is 0.397 e. The molecule has 2 heterocycles. The molecule has 0 spiro atoms. The highest BCUT2D eigenvalue weighted by Gasteiger charge is 2.26. The molecule has 0 amide bonds. The van der Waals surface area contributed by atoms with Gasteiger partial charge in [-0.15, -0.1) is 5.10 Å². The molecule has 2 aromatic heterocycles. The number of anilines is 1. The van der Waals surface area contributed by atoms with Crippen LogP contribution in [0.25, 0.3) is 10.9 Å². The number of aromatic nitrogens is 3. The van der Waals surface area contributed by atoms with E-state index in [0.717, 1.165) is 16.6 Å². The fourth-order valence-corrected chi connectivity index (χ4v) is 2.04. The van der Waals surface area contributed by atoms with E-state index in [-0.39, 0.29) is 5.73 Å². The Labute approximate surface area is 108 Å². The van der Waals surface area contributed by atoms with Crippen LogP contribution in [-0.4, -0.2) is 28.7 Å². The number of hydrogen-bond acceptors (Lipinski definition) is 4. The maximum atomic E-state index is 5.95. The molecule has 0 saturated carbocycles. The van der Waals surface area contributed by atoms with Gasteiger partial charge in [0, 0.05) is 6.20 Å².